The molecule has 0 fully saturated rings. The van der Waals surface area contributed by atoms with Crippen LogP contribution in [0.15, 0.2) is 18.2 Å². The highest BCUT2D eigenvalue weighted by Crippen LogP contribution is 2.42. The summed E-state index contributed by atoms with van der Waals surface area (Å²) in [6.45, 7) is 0.659. The van der Waals surface area contributed by atoms with Crippen LogP contribution in [0.4, 0.5) is 17.6 Å². The Morgan fingerprint density at radius 2 is 2.00 bits per heavy atom. The molecule has 1 heterocycles. The smallest absolute Gasteiger partial charge is 0.436 e. The van der Waals surface area contributed by atoms with Gasteiger partial charge in [0.15, 0.2) is 5.78 Å². The van der Waals surface area contributed by atoms with Crippen LogP contribution in [0.5, 0.6) is 0 Å². The van der Waals surface area contributed by atoms with Crippen LogP contribution in [0.2, 0.25) is 0 Å². The quantitative estimate of drug-likeness (QED) is 0.584. The molecule has 3 nitrogen and oxygen atoms in total. The lowest BCUT2D eigenvalue weighted by Gasteiger charge is -2.36. The predicted octanol–water partition coefficient (Wildman–Crippen LogP) is 2.43. The van der Waals surface area contributed by atoms with E-state index >= 15 is 0 Å². The molecule has 0 bridgehead atoms. The summed E-state index contributed by atoms with van der Waals surface area (Å²) >= 11 is 0. The topological polar surface area (TPSA) is 43.4 Å². The molecule has 0 radical (unpaired) electrons. The van der Waals surface area contributed by atoms with Gasteiger partial charge < -0.3 is 4.74 Å². The maximum absolute atomic E-state index is 13.6. The molecule has 0 N–H and O–H groups in total. The van der Waals surface area contributed by atoms with Crippen LogP contribution in [0.1, 0.15) is 22.8 Å². The van der Waals surface area contributed by atoms with Crippen molar-refractivity contribution in [2.24, 2.45) is 0 Å². The Bertz CT molecular complexity index is 565. The van der Waals surface area contributed by atoms with E-state index in [0.717, 1.165) is 12.1 Å². The van der Waals surface area contributed by atoms with E-state index in [0.29, 0.717) is 6.92 Å². The summed E-state index contributed by atoms with van der Waals surface area (Å²) in [6.07, 6.45) is -6.14. The fraction of sp³-hybridized carbons (Fsp3) is 0.333. The van der Waals surface area contributed by atoms with Crippen molar-refractivity contribution < 1.29 is 31.9 Å². The summed E-state index contributed by atoms with van der Waals surface area (Å²) in [5.74, 6) is -3.71. The van der Waals surface area contributed by atoms with Crippen molar-refractivity contribution in [2.45, 2.75) is 25.1 Å². The molecule has 0 amide bonds. The van der Waals surface area contributed by atoms with Crippen molar-refractivity contribution in [1.29, 1.82) is 0 Å². The average molecular weight is 276 g/mol. The van der Waals surface area contributed by atoms with Crippen LogP contribution >= 0.6 is 0 Å². The van der Waals surface area contributed by atoms with E-state index < -0.39 is 41.3 Å². The van der Waals surface area contributed by atoms with Crippen LogP contribution in [0, 0.1) is 5.82 Å². The van der Waals surface area contributed by atoms with Gasteiger partial charge in [-0.25, -0.2) is 9.18 Å². The van der Waals surface area contributed by atoms with E-state index in [1.54, 1.807) is 0 Å². The third kappa shape index (κ3) is 1.89. The molecule has 0 saturated carbocycles. The monoisotopic (exact) mass is 276 g/mol. The van der Waals surface area contributed by atoms with Gasteiger partial charge in [-0.2, -0.15) is 13.2 Å². The van der Waals surface area contributed by atoms with E-state index in [-0.39, 0.29) is 5.56 Å². The summed E-state index contributed by atoms with van der Waals surface area (Å²) in [7, 11) is 0. The number of hydrogen-bond donors (Lipinski definition) is 0. The Morgan fingerprint density at radius 1 is 1.37 bits per heavy atom. The molecule has 7 heteroatoms. The van der Waals surface area contributed by atoms with Gasteiger partial charge in [-0.05, 0) is 19.1 Å². The number of Topliss-reactive ketones (excluding diaryl/α,β-unsaturated/α-hetero) is 1. The van der Waals surface area contributed by atoms with Gasteiger partial charge in [0.05, 0.1) is 5.56 Å². The summed E-state index contributed by atoms with van der Waals surface area (Å²) in [5.41, 5.74) is -4.05. The lowest BCUT2D eigenvalue weighted by atomic mass is 9.85. The van der Waals surface area contributed by atoms with Crippen molar-refractivity contribution in [3.8, 4) is 0 Å². The third-order valence-corrected chi connectivity index (χ3v) is 3.06. The number of ketones is 1. The first-order chi connectivity index (χ1) is 8.69. The van der Waals surface area contributed by atoms with Crippen molar-refractivity contribution in [1.82, 2.24) is 0 Å². The zero-order chi connectivity index (χ0) is 14.4. The van der Waals surface area contributed by atoms with Gasteiger partial charge in [-0.15, -0.1) is 0 Å². The number of cyclic esters (lactones) is 1. The lowest BCUT2D eigenvalue weighted by molar-refractivity contribution is -0.250. The molecular formula is C12H8F4O3. The first kappa shape index (κ1) is 13.5. The zero-order valence-corrected chi connectivity index (χ0v) is 9.68. The number of carbonyl (C=O) groups is 2. The molecule has 1 atom stereocenters. The van der Waals surface area contributed by atoms with Gasteiger partial charge in [0, 0.05) is 12.0 Å². The minimum Gasteiger partial charge on any atom is -0.437 e. The Morgan fingerprint density at radius 3 is 2.53 bits per heavy atom. The molecule has 1 unspecified atom stereocenters. The number of carbonyl (C=O) groups excluding carboxylic acids is 2. The lowest BCUT2D eigenvalue weighted by Crippen LogP contribution is -2.58. The number of rotatable bonds is 1. The highest BCUT2D eigenvalue weighted by atomic mass is 19.4. The van der Waals surface area contributed by atoms with Gasteiger partial charge >= 0.3 is 12.1 Å². The summed E-state index contributed by atoms with van der Waals surface area (Å²) in [4.78, 5) is 22.9. The Balaban J connectivity index is 2.64. The van der Waals surface area contributed by atoms with Crippen LogP contribution in [0.25, 0.3) is 0 Å². The average Bonchev–Trinajstić information content (AvgIpc) is 2.28. The van der Waals surface area contributed by atoms with Crippen LogP contribution in [0.3, 0.4) is 0 Å². The molecule has 1 aromatic carbocycles. The maximum Gasteiger partial charge on any atom is 0.436 e. The highest BCUT2D eigenvalue weighted by Gasteiger charge is 2.64. The van der Waals surface area contributed by atoms with Crippen LogP contribution < -0.4 is 0 Å². The third-order valence-electron chi connectivity index (χ3n) is 3.06. The van der Waals surface area contributed by atoms with Crippen molar-refractivity contribution >= 4 is 11.8 Å². The normalized spacial score (nSPS) is 22.7. The number of fused-ring (bicyclic) bond motifs is 1. The second-order valence-electron chi connectivity index (χ2n) is 4.21. The number of esters is 1. The van der Waals surface area contributed by atoms with Crippen molar-refractivity contribution in [3.63, 3.8) is 0 Å². The maximum atomic E-state index is 13.6. The standard InChI is InChI=1S/C12H8F4O3/c1-6(17)11(12(14,15)16)5-8-7(10(18)19-11)3-2-4-9(8)13/h2-4H,5H2,1H3. The predicted molar refractivity (Wildman–Crippen MR) is 55.0 cm³/mol. The molecule has 19 heavy (non-hydrogen) atoms. The number of benzene rings is 1. The van der Waals surface area contributed by atoms with Crippen molar-refractivity contribution in [2.75, 3.05) is 0 Å². The van der Waals surface area contributed by atoms with Gasteiger partial charge in [0.1, 0.15) is 5.82 Å². The molecule has 1 aromatic rings. The van der Waals surface area contributed by atoms with E-state index in [1.165, 1.54) is 6.07 Å². The minimum absolute atomic E-state index is 0.291. The van der Waals surface area contributed by atoms with Gasteiger partial charge in [0.2, 0.25) is 0 Å². The summed E-state index contributed by atoms with van der Waals surface area (Å²) in [6, 6.07) is 3.27. The molecule has 1 aliphatic heterocycles. The Labute approximate surface area is 105 Å². The van der Waals surface area contributed by atoms with E-state index in [2.05, 4.69) is 4.74 Å². The van der Waals surface area contributed by atoms with E-state index in [4.69, 9.17) is 0 Å². The van der Waals surface area contributed by atoms with Crippen LogP contribution in [-0.2, 0) is 16.0 Å². The molecule has 1 aliphatic rings. The van der Waals surface area contributed by atoms with Gasteiger partial charge in [0.25, 0.3) is 5.60 Å². The molecule has 102 valence electrons. The number of halogens is 4. The van der Waals surface area contributed by atoms with Gasteiger partial charge in [-0.1, -0.05) is 6.07 Å². The minimum atomic E-state index is -5.10. The van der Waals surface area contributed by atoms with Crippen LogP contribution in [-0.4, -0.2) is 23.5 Å². The first-order valence-electron chi connectivity index (χ1n) is 5.27. The van der Waals surface area contributed by atoms with Crippen molar-refractivity contribution in [3.05, 3.63) is 35.1 Å². The summed E-state index contributed by atoms with van der Waals surface area (Å²) < 4.78 is 56.9. The fourth-order valence-electron chi connectivity index (χ4n) is 1.98. The molecule has 0 aromatic heterocycles. The molecule has 0 spiro atoms. The largest absolute Gasteiger partial charge is 0.437 e. The summed E-state index contributed by atoms with van der Waals surface area (Å²) in [5, 5.41) is 0. The fourth-order valence-corrected chi connectivity index (χ4v) is 1.98. The van der Waals surface area contributed by atoms with E-state index in [9.17, 15) is 27.2 Å². The number of ether oxygens (including phenoxy) is 1. The SMILES string of the molecule is CC(=O)C1(C(F)(F)F)Cc2c(F)cccc2C(=O)O1. The molecule has 2 rings (SSSR count). The van der Waals surface area contributed by atoms with Gasteiger partial charge in [-0.3, -0.25) is 4.79 Å². The highest BCUT2D eigenvalue weighted by molar-refractivity contribution is 5.98. The Kier molecular flexibility index (Phi) is 2.87. The van der Waals surface area contributed by atoms with E-state index in [1.807, 2.05) is 0 Å². The molecule has 0 saturated heterocycles. The first-order valence-corrected chi connectivity index (χ1v) is 5.27. The Hall–Kier alpha value is -1.92. The zero-order valence-electron chi connectivity index (χ0n) is 9.68. The second-order valence-corrected chi connectivity index (χ2v) is 4.21. The molecule has 0 aliphatic carbocycles. The number of hydrogen-bond acceptors (Lipinski definition) is 3. The number of alkyl halides is 3. The second kappa shape index (κ2) is 4.04. The molecular weight excluding hydrogens is 268 g/mol.